The van der Waals surface area contributed by atoms with Gasteiger partial charge in [0.05, 0.1) is 18.6 Å². The van der Waals surface area contributed by atoms with E-state index in [1.165, 1.54) is 0 Å². The van der Waals surface area contributed by atoms with Gasteiger partial charge in [0, 0.05) is 23.4 Å². The van der Waals surface area contributed by atoms with Gasteiger partial charge in [-0.1, -0.05) is 6.58 Å². The summed E-state index contributed by atoms with van der Waals surface area (Å²) in [6.07, 6.45) is -0.273. The second-order valence-electron chi connectivity index (χ2n) is 6.09. The minimum absolute atomic E-state index is 0.0413. The normalized spacial score (nSPS) is 38.0. The molecule has 7 nitrogen and oxygen atoms in total. The minimum atomic E-state index is -1.22. The highest BCUT2D eigenvalue weighted by molar-refractivity contribution is 5.87. The molecule has 6 atom stereocenters. The number of hydrogen-bond donors (Lipinski definition) is 0. The molecule has 0 amide bonds. The fourth-order valence-electron chi connectivity index (χ4n) is 3.97. The molecule has 22 heavy (non-hydrogen) atoms. The van der Waals surface area contributed by atoms with Gasteiger partial charge in [-0.3, -0.25) is 4.79 Å². The summed E-state index contributed by atoms with van der Waals surface area (Å²) in [6.45, 7) is 5.17. The molecule has 2 aliphatic carbocycles. The lowest BCUT2D eigenvalue weighted by atomic mass is 9.78. The zero-order valence-electron chi connectivity index (χ0n) is 12.2. The van der Waals surface area contributed by atoms with Crippen molar-refractivity contribution in [1.82, 2.24) is 0 Å². The largest absolute Gasteiger partial charge is 0.550 e. The van der Waals surface area contributed by atoms with Crippen molar-refractivity contribution in [2.24, 2.45) is 23.7 Å². The molecule has 6 unspecified atom stereocenters. The Morgan fingerprint density at radius 2 is 2.09 bits per heavy atom. The van der Waals surface area contributed by atoms with Gasteiger partial charge in [0.15, 0.2) is 0 Å². The first kappa shape index (κ1) is 15.0. The van der Waals surface area contributed by atoms with Crippen molar-refractivity contribution in [2.75, 3.05) is 13.2 Å². The van der Waals surface area contributed by atoms with Crippen LogP contribution in [-0.4, -0.2) is 43.3 Å². The van der Waals surface area contributed by atoms with E-state index < -0.39 is 42.0 Å². The number of aliphatic carboxylic acids is 1. The average Bonchev–Trinajstić information content (AvgIpc) is 3.04. The van der Waals surface area contributed by atoms with Crippen LogP contribution in [0.5, 0.6) is 0 Å². The van der Waals surface area contributed by atoms with Crippen LogP contribution in [0.25, 0.3) is 0 Å². The smallest absolute Gasteiger partial charge is 0.333 e. The first-order chi connectivity index (χ1) is 10.4. The number of carboxylic acids is 1. The van der Waals surface area contributed by atoms with Crippen LogP contribution < -0.4 is 5.11 Å². The Labute approximate surface area is 127 Å². The molecule has 2 bridgehead atoms. The van der Waals surface area contributed by atoms with E-state index >= 15 is 0 Å². The second kappa shape index (κ2) is 5.39. The summed E-state index contributed by atoms with van der Waals surface area (Å²) in [5.41, 5.74) is 0.296. The molecule has 1 saturated heterocycles. The molecule has 3 rings (SSSR count). The van der Waals surface area contributed by atoms with Crippen molar-refractivity contribution in [1.29, 1.82) is 0 Å². The number of fused-ring (bicyclic) bond motifs is 1. The van der Waals surface area contributed by atoms with E-state index in [2.05, 4.69) is 6.58 Å². The summed E-state index contributed by atoms with van der Waals surface area (Å²) in [6, 6.07) is 0. The van der Waals surface area contributed by atoms with E-state index in [9.17, 15) is 19.5 Å². The molecule has 1 aliphatic heterocycles. The van der Waals surface area contributed by atoms with E-state index in [4.69, 9.17) is 14.2 Å². The summed E-state index contributed by atoms with van der Waals surface area (Å²) < 4.78 is 15.8. The Kier molecular flexibility index (Phi) is 3.68. The van der Waals surface area contributed by atoms with Crippen molar-refractivity contribution in [3.8, 4) is 0 Å². The zero-order valence-corrected chi connectivity index (χ0v) is 12.2. The zero-order chi connectivity index (χ0) is 16.0. The molecule has 0 N–H and O–H groups in total. The van der Waals surface area contributed by atoms with Gasteiger partial charge in [-0.2, -0.15) is 0 Å². The second-order valence-corrected chi connectivity index (χ2v) is 6.09. The van der Waals surface area contributed by atoms with Crippen molar-refractivity contribution in [3.05, 3.63) is 12.2 Å². The number of ether oxygens (including phenoxy) is 3. The SMILES string of the molecule is C=C(C)C(=O)OCCOC1C2CC3C1OC(=O)C3C2C(=O)[O-]. The Bertz CT molecular complexity index is 540. The molecule has 3 aliphatic rings. The van der Waals surface area contributed by atoms with Gasteiger partial charge in [0.1, 0.15) is 12.7 Å². The quantitative estimate of drug-likeness (QED) is 0.354. The molecule has 0 aromatic heterocycles. The number of hydrogen-bond acceptors (Lipinski definition) is 7. The average molecular weight is 309 g/mol. The molecule has 0 radical (unpaired) electrons. The lowest BCUT2D eigenvalue weighted by Gasteiger charge is -2.32. The van der Waals surface area contributed by atoms with Crippen LogP contribution in [0.15, 0.2) is 12.2 Å². The Morgan fingerprint density at radius 3 is 2.73 bits per heavy atom. The number of carboxylic acid groups (broad SMARTS) is 1. The lowest BCUT2D eigenvalue weighted by Crippen LogP contribution is -2.47. The number of rotatable bonds is 6. The van der Waals surface area contributed by atoms with Gasteiger partial charge >= 0.3 is 11.9 Å². The highest BCUT2D eigenvalue weighted by Gasteiger charge is 2.67. The number of carbonyl (C=O) groups excluding carboxylic acids is 3. The van der Waals surface area contributed by atoms with Gasteiger partial charge in [-0.25, -0.2) is 4.79 Å². The van der Waals surface area contributed by atoms with E-state index in [1.54, 1.807) is 6.92 Å². The topological polar surface area (TPSA) is 102 Å². The maximum atomic E-state index is 11.8. The minimum Gasteiger partial charge on any atom is -0.550 e. The predicted molar refractivity (Wildman–Crippen MR) is 69.0 cm³/mol. The lowest BCUT2D eigenvalue weighted by molar-refractivity contribution is -0.315. The summed E-state index contributed by atoms with van der Waals surface area (Å²) in [4.78, 5) is 34.4. The first-order valence-corrected chi connectivity index (χ1v) is 7.27. The van der Waals surface area contributed by atoms with Gasteiger partial charge in [-0.15, -0.1) is 0 Å². The van der Waals surface area contributed by atoms with Crippen LogP contribution in [0, 0.1) is 23.7 Å². The Hall–Kier alpha value is -1.89. The molecule has 1 heterocycles. The predicted octanol–water partition coefficient (Wildman–Crippen LogP) is -0.952. The highest BCUT2D eigenvalue weighted by Crippen LogP contribution is 2.58. The van der Waals surface area contributed by atoms with Crippen molar-refractivity contribution in [3.63, 3.8) is 0 Å². The van der Waals surface area contributed by atoms with Crippen molar-refractivity contribution in [2.45, 2.75) is 25.6 Å². The standard InChI is InChI=1S/C15H18O7/c1-6(2)14(18)21-4-3-20-11-7-5-8-10(9(7)13(16)17)15(19)22-12(8)11/h7-12H,1,3-5H2,2H3,(H,16,17)/p-1. The van der Waals surface area contributed by atoms with Crippen molar-refractivity contribution < 1.29 is 33.7 Å². The Morgan fingerprint density at radius 1 is 1.36 bits per heavy atom. The van der Waals surface area contributed by atoms with Gasteiger partial charge in [0.2, 0.25) is 0 Å². The fourth-order valence-corrected chi connectivity index (χ4v) is 3.97. The fraction of sp³-hybridized carbons (Fsp3) is 0.667. The van der Waals surface area contributed by atoms with Gasteiger partial charge in [0.25, 0.3) is 0 Å². The van der Waals surface area contributed by atoms with Crippen LogP contribution in [0.2, 0.25) is 0 Å². The first-order valence-electron chi connectivity index (χ1n) is 7.27. The third kappa shape index (κ3) is 2.20. The van der Waals surface area contributed by atoms with Crippen LogP contribution in [-0.2, 0) is 28.6 Å². The van der Waals surface area contributed by atoms with Crippen LogP contribution in [0.1, 0.15) is 13.3 Å². The molecule has 3 fully saturated rings. The van der Waals surface area contributed by atoms with E-state index in [0.717, 1.165) is 0 Å². The van der Waals surface area contributed by atoms with Crippen LogP contribution in [0.4, 0.5) is 0 Å². The summed E-state index contributed by atoms with van der Waals surface area (Å²) in [5.74, 6) is -4.03. The van der Waals surface area contributed by atoms with E-state index in [1.807, 2.05) is 0 Å². The van der Waals surface area contributed by atoms with Crippen molar-refractivity contribution >= 4 is 17.9 Å². The number of carbonyl (C=O) groups is 3. The summed E-state index contributed by atoms with van der Waals surface area (Å²) in [7, 11) is 0. The third-order valence-electron chi connectivity index (χ3n) is 4.79. The molecule has 0 aromatic carbocycles. The highest BCUT2D eigenvalue weighted by atomic mass is 16.6. The summed E-state index contributed by atoms with van der Waals surface area (Å²) in [5, 5.41) is 11.3. The molecule has 7 heteroatoms. The third-order valence-corrected chi connectivity index (χ3v) is 4.79. The number of esters is 2. The van der Waals surface area contributed by atoms with Gasteiger partial charge < -0.3 is 24.1 Å². The summed E-state index contributed by atoms with van der Waals surface area (Å²) >= 11 is 0. The maximum absolute atomic E-state index is 11.8. The molecular formula is C15H17O7-. The van der Waals surface area contributed by atoms with E-state index in [-0.39, 0.29) is 25.0 Å². The van der Waals surface area contributed by atoms with Gasteiger partial charge in [-0.05, 0) is 19.3 Å². The molecule has 120 valence electrons. The maximum Gasteiger partial charge on any atom is 0.333 e. The monoisotopic (exact) mass is 309 g/mol. The van der Waals surface area contributed by atoms with E-state index in [0.29, 0.717) is 12.0 Å². The molecule has 2 saturated carbocycles. The Balaban J connectivity index is 1.59. The molecule has 0 spiro atoms. The molecular weight excluding hydrogens is 292 g/mol. The molecule has 0 aromatic rings. The van der Waals surface area contributed by atoms with Crippen LogP contribution >= 0.6 is 0 Å². The van der Waals surface area contributed by atoms with Crippen LogP contribution in [0.3, 0.4) is 0 Å².